The van der Waals surface area contributed by atoms with Crippen molar-refractivity contribution in [2.75, 3.05) is 0 Å². The summed E-state index contributed by atoms with van der Waals surface area (Å²) >= 11 is -0.826. The van der Waals surface area contributed by atoms with Crippen LogP contribution < -0.4 is 0 Å². The van der Waals surface area contributed by atoms with E-state index < -0.39 is 20.8 Å². The molecule has 0 nitrogen and oxygen atoms in total. The molecule has 0 bridgehead atoms. The number of benzene rings is 2. The Morgan fingerprint density at radius 1 is 0.444 bits per heavy atom. The average Bonchev–Trinajstić information content (AvgIpc) is 2.77. The predicted molar refractivity (Wildman–Crippen MR) is 119 cm³/mol. The van der Waals surface area contributed by atoms with Gasteiger partial charge in [-0.25, -0.2) is 10.9 Å². The maximum Gasteiger partial charge on any atom is -0.0625 e. The quantitative estimate of drug-likeness (QED) is 0.304. The molecule has 0 atom stereocenters. The van der Waals surface area contributed by atoms with E-state index in [1.54, 1.807) is 0 Å². The van der Waals surface area contributed by atoms with E-state index in [4.69, 9.17) is 17.0 Å². The van der Waals surface area contributed by atoms with Crippen molar-refractivity contribution in [3.05, 3.63) is 121 Å². The molecule has 0 amide bonds. The third-order valence-electron chi connectivity index (χ3n) is 4.09. The SMILES string of the molecule is [Cl][Zr+2][Cl].c1cc[b-](-c2ccccc2)cc1.c1cc[b-](-c2ccccc2)cc1. The summed E-state index contributed by atoms with van der Waals surface area (Å²) in [6.07, 6.45) is 0.937. The zero-order valence-corrected chi connectivity index (χ0v) is 18.9. The molecule has 0 fully saturated rings. The molecular formula is C22H20B2Cl2Zr. The van der Waals surface area contributed by atoms with Crippen LogP contribution in [0.5, 0.6) is 0 Å². The van der Waals surface area contributed by atoms with Gasteiger partial charge < -0.3 is 0 Å². The van der Waals surface area contributed by atoms with Crippen molar-refractivity contribution in [2.45, 2.75) is 0 Å². The Balaban J connectivity index is 0.000000170. The molecule has 0 unspecified atom stereocenters. The summed E-state index contributed by atoms with van der Waals surface area (Å²) in [6.45, 7) is 0. The molecule has 0 spiro atoms. The van der Waals surface area contributed by atoms with Gasteiger partial charge in [0.15, 0.2) is 0 Å². The molecule has 27 heavy (non-hydrogen) atoms. The molecular weight excluding hydrogens is 448 g/mol. The standard InChI is InChI=1S/2C11H10B.2ClH.Zr/c2*1-3-7-11(8-4-1)12-9-5-2-6-10-12;;;/h2*1-10H;2*1H;/q2*-1;;;+4/p-2. The van der Waals surface area contributed by atoms with E-state index in [1.807, 2.05) is 12.1 Å². The van der Waals surface area contributed by atoms with E-state index in [2.05, 4.69) is 109 Å². The van der Waals surface area contributed by atoms with Gasteiger partial charge in [-0.05, 0) is 0 Å². The molecule has 2 heterocycles. The van der Waals surface area contributed by atoms with Crippen molar-refractivity contribution in [3.8, 4) is 10.9 Å². The van der Waals surface area contributed by atoms with Gasteiger partial charge in [-0.2, -0.15) is 0 Å². The Hall–Kier alpha value is -1.27. The Morgan fingerprint density at radius 3 is 1.00 bits per heavy atom. The van der Waals surface area contributed by atoms with Crippen LogP contribution in [0.3, 0.4) is 0 Å². The van der Waals surface area contributed by atoms with Crippen molar-refractivity contribution in [1.29, 1.82) is 0 Å². The van der Waals surface area contributed by atoms with Crippen molar-refractivity contribution < 1.29 is 20.8 Å². The van der Waals surface area contributed by atoms with Crippen LogP contribution in [0.4, 0.5) is 0 Å². The number of hydrogen-bond acceptors (Lipinski definition) is 0. The van der Waals surface area contributed by atoms with Gasteiger partial charge in [0, 0.05) is 0 Å². The van der Waals surface area contributed by atoms with Gasteiger partial charge in [0.05, 0.1) is 0 Å². The minimum absolute atomic E-state index is 0.469. The Kier molecular flexibility index (Phi) is 11.3. The second-order valence-corrected chi connectivity index (χ2v) is 9.60. The van der Waals surface area contributed by atoms with Gasteiger partial charge in [-0.3, -0.25) is 23.8 Å². The molecule has 132 valence electrons. The van der Waals surface area contributed by atoms with E-state index in [0.29, 0.717) is 12.7 Å². The summed E-state index contributed by atoms with van der Waals surface area (Å²) in [5, 5.41) is 0. The molecule has 0 aliphatic carbocycles. The van der Waals surface area contributed by atoms with E-state index in [-0.39, 0.29) is 0 Å². The summed E-state index contributed by atoms with van der Waals surface area (Å²) in [5.74, 6) is 8.81. The zero-order valence-electron chi connectivity index (χ0n) is 15.0. The first-order chi connectivity index (χ1) is 13.3. The van der Waals surface area contributed by atoms with E-state index in [9.17, 15) is 0 Å². The summed E-state index contributed by atoms with van der Waals surface area (Å²) in [5.41, 5.74) is 2.72. The molecule has 4 rings (SSSR count). The zero-order chi connectivity index (χ0) is 19.2. The summed E-state index contributed by atoms with van der Waals surface area (Å²) in [7, 11) is 9.87. The molecule has 0 saturated heterocycles. The molecule has 2 aromatic carbocycles. The predicted octanol–water partition coefficient (Wildman–Crippen LogP) is 6.78. The molecule has 2 aromatic heterocycles. The van der Waals surface area contributed by atoms with Crippen LogP contribution in [-0.4, -0.2) is 12.7 Å². The maximum atomic E-state index is 4.93. The van der Waals surface area contributed by atoms with Crippen LogP contribution in [0, 0.1) is 0 Å². The maximum absolute atomic E-state index is 4.93. The second-order valence-electron chi connectivity index (χ2n) is 5.87. The van der Waals surface area contributed by atoms with Crippen molar-refractivity contribution in [1.82, 2.24) is 0 Å². The molecule has 0 saturated carbocycles. The Morgan fingerprint density at radius 2 is 0.704 bits per heavy atom. The Bertz CT molecular complexity index is 711. The third kappa shape index (κ3) is 8.52. The molecule has 0 radical (unpaired) electrons. The van der Waals surface area contributed by atoms with Gasteiger partial charge in [0.2, 0.25) is 0 Å². The van der Waals surface area contributed by atoms with Gasteiger partial charge in [0.25, 0.3) is 0 Å². The first kappa shape index (κ1) is 22.0. The fraction of sp³-hybridized carbons (Fsp3) is 0. The topological polar surface area (TPSA) is 0 Å². The van der Waals surface area contributed by atoms with Crippen molar-refractivity contribution >= 4 is 29.7 Å². The summed E-state index contributed by atoms with van der Waals surface area (Å²) in [6, 6.07) is 33.5. The van der Waals surface area contributed by atoms with Gasteiger partial charge >= 0.3 is 37.9 Å². The van der Waals surface area contributed by atoms with Crippen LogP contribution in [0.15, 0.2) is 121 Å². The van der Waals surface area contributed by atoms with Gasteiger partial charge in [-0.15, -0.1) is 24.3 Å². The normalized spacial score (nSPS) is 8.96. The first-order valence-corrected chi connectivity index (χ1v) is 15.1. The Labute approximate surface area is 181 Å². The van der Waals surface area contributed by atoms with Crippen molar-refractivity contribution in [2.24, 2.45) is 0 Å². The minimum atomic E-state index is -0.826. The van der Waals surface area contributed by atoms with E-state index in [1.165, 1.54) is 10.9 Å². The van der Waals surface area contributed by atoms with Crippen molar-refractivity contribution in [3.63, 3.8) is 0 Å². The molecule has 4 aromatic rings. The number of halogens is 2. The second kappa shape index (κ2) is 13.8. The van der Waals surface area contributed by atoms with E-state index in [0.717, 1.165) is 0 Å². The van der Waals surface area contributed by atoms with Gasteiger partial charge in [-0.1, -0.05) is 85.5 Å². The van der Waals surface area contributed by atoms with E-state index >= 15 is 0 Å². The van der Waals surface area contributed by atoms with Crippen LogP contribution in [0.25, 0.3) is 10.9 Å². The third-order valence-corrected chi connectivity index (χ3v) is 4.09. The van der Waals surface area contributed by atoms with Crippen LogP contribution in [-0.2, 0) is 20.8 Å². The molecule has 0 N–H and O–H groups in total. The first-order valence-electron chi connectivity index (χ1n) is 8.78. The monoisotopic (exact) mass is 466 g/mol. The van der Waals surface area contributed by atoms with Crippen LogP contribution in [0.2, 0.25) is 0 Å². The summed E-state index contributed by atoms with van der Waals surface area (Å²) < 4.78 is 0. The minimum Gasteiger partial charge on any atom is -0.259 e. The fourth-order valence-corrected chi connectivity index (χ4v) is 2.79. The molecule has 0 aliphatic heterocycles. The number of hydrogen-bond donors (Lipinski definition) is 0. The average molecular weight is 468 g/mol. The smallest absolute Gasteiger partial charge is 0.0625 e. The van der Waals surface area contributed by atoms with Crippen LogP contribution in [0.1, 0.15) is 0 Å². The summed E-state index contributed by atoms with van der Waals surface area (Å²) in [4.78, 5) is 0. The number of rotatable bonds is 2. The molecule has 5 heteroatoms. The fourth-order valence-electron chi connectivity index (χ4n) is 2.79. The van der Waals surface area contributed by atoms with Gasteiger partial charge in [0.1, 0.15) is 0 Å². The molecule has 0 aliphatic rings. The largest absolute Gasteiger partial charge is 0.259 e. The van der Waals surface area contributed by atoms with Crippen LogP contribution >= 0.6 is 17.0 Å².